The maximum absolute atomic E-state index is 12.3. The van der Waals surface area contributed by atoms with Gasteiger partial charge in [0.2, 0.25) is 0 Å². The third-order valence-electron chi connectivity index (χ3n) is 4.01. The van der Waals surface area contributed by atoms with Crippen LogP contribution in [0.15, 0.2) is 24.3 Å². The Bertz CT molecular complexity index is 449. The molecule has 0 bridgehead atoms. The van der Waals surface area contributed by atoms with Crippen molar-refractivity contribution in [1.29, 1.82) is 0 Å². The number of benzene rings is 1. The van der Waals surface area contributed by atoms with E-state index in [9.17, 15) is 13.2 Å². The summed E-state index contributed by atoms with van der Waals surface area (Å²) in [5.41, 5.74) is 0.124. The van der Waals surface area contributed by atoms with Gasteiger partial charge in [-0.2, -0.15) is 25.8 Å². The highest BCUT2D eigenvalue weighted by molar-refractivity contribution is 7.80. The van der Waals surface area contributed by atoms with Gasteiger partial charge in [0.05, 0.1) is 12.7 Å². The third-order valence-corrected chi connectivity index (χ3v) is 4.33. The molecule has 0 spiro atoms. The second-order valence-electron chi connectivity index (χ2n) is 6.37. The van der Waals surface area contributed by atoms with Gasteiger partial charge in [0, 0.05) is 18.2 Å². The van der Waals surface area contributed by atoms with E-state index >= 15 is 0 Å². The Hall–Kier alpha value is -0.970. The number of halogens is 3. The first-order valence-corrected chi connectivity index (χ1v) is 9.91. The van der Waals surface area contributed by atoms with Crippen LogP contribution in [-0.4, -0.2) is 18.5 Å². The topological polar surface area (TPSA) is 9.23 Å². The van der Waals surface area contributed by atoms with Gasteiger partial charge < -0.3 is 4.74 Å². The minimum absolute atomic E-state index is 0.124. The number of alkyl halides is 3. The van der Waals surface area contributed by atoms with E-state index in [0.717, 1.165) is 18.6 Å². The molecule has 1 nitrogen and oxygen atoms in total. The molecule has 0 fully saturated rings. The van der Waals surface area contributed by atoms with Crippen LogP contribution in [0, 0.1) is 6.42 Å². The van der Waals surface area contributed by atoms with Crippen molar-refractivity contribution >= 4 is 12.6 Å². The van der Waals surface area contributed by atoms with Crippen molar-refractivity contribution in [1.82, 2.24) is 0 Å². The van der Waals surface area contributed by atoms with Crippen LogP contribution in [0.3, 0.4) is 0 Å². The average molecular weight is 376 g/mol. The first-order chi connectivity index (χ1) is 12.0. The van der Waals surface area contributed by atoms with E-state index in [4.69, 9.17) is 4.74 Å². The number of unbranched alkanes of at least 4 members (excludes halogenated alkanes) is 9. The fourth-order valence-electron chi connectivity index (χ4n) is 2.70. The minimum Gasteiger partial charge on any atom is -0.482 e. The first-order valence-electron chi connectivity index (χ1n) is 9.27. The highest BCUT2D eigenvalue weighted by atomic mass is 32.1. The van der Waals surface area contributed by atoms with E-state index < -0.39 is 6.18 Å². The summed E-state index contributed by atoms with van der Waals surface area (Å²) in [5, 5.41) is 0. The molecule has 0 amide bonds. The highest BCUT2D eigenvalue weighted by Gasteiger charge is 2.34. The Labute approximate surface area is 155 Å². The summed E-state index contributed by atoms with van der Waals surface area (Å²) in [5.74, 6) is 1.49. The van der Waals surface area contributed by atoms with E-state index in [2.05, 4.69) is 12.6 Å². The fraction of sp³-hybridized carbons (Fsp3) is 0.650. The predicted octanol–water partition coefficient (Wildman–Crippen LogP) is 7.01. The second kappa shape index (κ2) is 13.3. The molecule has 142 valence electrons. The molecule has 0 aliphatic heterocycles. The van der Waals surface area contributed by atoms with Gasteiger partial charge in [-0.3, -0.25) is 0 Å². The maximum atomic E-state index is 12.3. The molecule has 0 N–H and O–H groups in total. The van der Waals surface area contributed by atoms with Crippen LogP contribution in [0.2, 0.25) is 0 Å². The Balaban J connectivity index is 2.00. The van der Waals surface area contributed by atoms with Crippen molar-refractivity contribution in [3.05, 3.63) is 36.2 Å². The van der Waals surface area contributed by atoms with E-state index in [1.165, 1.54) is 63.5 Å². The molecule has 0 heterocycles. The standard InChI is InChI=1S/C20H29F3OS/c21-20(22,23)17-18-12-11-13-19(16-18)24-14-9-7-5-3-1-2-4-6-8-10-15-25/h11-13,16-17H,1-10,14-15H2/p+1. The van der Waals surface area contributed by atoms with Gasteiger partial charge in [0.25, 0.3) is 0 Å². The summed E-state index contributed by atoms with van der Waals surface area (Å²) in [7, 11) is 0. The van der Waals surface area contributed by atoms with Crippen LogP contribution in [0.5, 0.6) is 5.75 Å². The quantitative estimate of drug-likeness (QED) is 0.209. The first kappa shape index (κ1) is 22.1. The lowest BCUT2D eigenvalue weighted by Crippen LogP contribution is -2.08. The van der Waals surface area contributed by atoms with Crippen LogP contribution in [-0.2, 0) is 0 Å². The van der Waals surface area contributed by atoms with Crippen molar-refractivity contribution in [2.24, 2.45) is 0 Å². The Kier molecular flexibility index (Phi) is 11.7. The molecule has 0 atom stereocenters. The smallest absolute Gasteiger partial charge is 0.460 e. The van der Waals surface area contributed by atoms with Gasteiger partial charge in [-0.15, -0.1) is 0 Å². The van der Waals surface area contributed by atoms with E-state index in [1.807, 2.05) is 0 Å². The molecule has 1 aromatic carbocycles. The molecular formula is C20H30F3OS+. The molecule has 1 rings (SSSR count). The van der Waals surface area contributed by atoms with Crippen molar-refractivity contribution in [2.45, 2.75) is 70.4 Å². The van der Waals surface area contributed by atoms with Gasteiger partial charge >= 0.3 is 6.18 Å². The van der Waals surface area contributed by atoms with E-state index in [1.54, 1.807) is 12.1 Å². The summed E-state index contributed by atoms with van der Waals surface area (Å²) in [6, 6.07) is 6.14. The summed E-state index contributed by atoms with van der Waals surface area (Å²) < 4.78 is 42.5. The molecule has 0 aliphatic rings. The van der Waals surface area contributed by atoms with Crippen LogP contribution in [0.1, 0.15) is 69.8 Å². The monoisotopic (exact) mass is 375 g/mol. The zero-order chi connectivity index (χ0) is 18.4. The minimum atomic E-state index is -4.30. The van der Waals surface area contributed by atoms with Crippen LogP contribution in [0.4, 0.5) is 13.2 Å². The Morgan fingerprint density at radius 1 is 0.840 bits per heavy atom. The van der Waals surface area contributed by atoms with Gasteiger partial charge in [-0.1, -0.05) is 51.4 Å². The van der Waals surface area contributed by atoms with Crippen molar-refractivity contribution < 1.29 is 17.9 Å². The summed E-state index contributed by atoms with van der Waals surface area (Å²) in [4.78, 5) is 0. The highest BCUT2D eigenvalue weighted by Crippen LogP contribution is 2.25. The van der Waals surface area contributed by atoms with Gasteiger partial charge in [-0.25, -0.2) is 0 Å². The SMILES string of the molecule is FC(F)(F)[CH+]c1cccc(OCCCCCCCCCCCCS)c1. The fourth-order valence-corrected chi connectivity index (χ4v) is 2.92. The van der Waals surface area contributed by atoms with Crippen LogP contribution in [0.25, 0.3) is 0 Å². The lowest BCUT2D eigenvalue weighted by molar-refractivity contribution is -0.0927. The molecule has 0 saturated heterocycles. The van der Waals surface area contributed by atoms with E-state index in [0.29, 0.717) is 12.4 Å². The van der Waals surface area contributed by atoms with Crippen LogP contribution < -0.4 is 4.74 Å². The lowest BCUT2D eigenvalue weighted by atomic mass is 10.1. The number of rotatable bonds is 14. The Morgan fingerprint density at radius 2 is 1.40 bits per heavy atom. The molecule has 0 aliphatic carbocycles. The average Bonchev–Trinajstić information content (AvgIpc) is 2.54. The summed E-state index contributed by atoms with van der Waals surface area (Å²) in [6.07, 6.45) is 8.24. The number of thiol groups is 1. The zero-order valence-corrected chi connectivity index (χ0v) is 15.8. The third kappa shape index (κ3) is 13.0. The molecule has 0 saturated carbocycles. The largest absolute Gasteiger partial charge is 0.482 e. The normalized spacial score (nSPS) is 11.5. The number of ether oxygens (including phenoxy) is 1. The van der Waals surface area contributed by atoms with Crippen molar-refractivity contribution in [3.8, 4) is 5.75 Å². The molecule has 0 unspecified atom stereocenters. The van der Waals surface area contributed by atoms with Gasteiger partial charge in [0.15, 0.2) is 5.75 Å². The lowest BCUT2D eigenvalue weighted by Gasteiger charge is -2.05. The van der Waals surface area contributed by atoms with Gasteiger partial charge in [0.1, 0.15) is 12.0 Å². The number of hydrogen-bond acceptors (Lipinski definition) is 2. The number of hydrogen-bond donors (Lipinski definition) is 1. The summed E-state index contributed by atoms with van der Waals surface area (Å²) in [6.45, 7) is 0.555. The van der Waals surface area contributed by atoms with Crippen molar-refractivity contribution in [2.75, 3.05) is 12.4 Å². The molecule has 1 aromatic rings. The molecule has 25 heavy (non-hydrogen) atoms. The second-order valence-corrected chi connectivity index (χ2v) is 6.81. The van der Waals surface area contributed by atoms with Crippen LogP contribution >= 0.6 is 12.6 Å². The van der Waals surface area contributed by atoms with E-state index in [-0.39, 0.29) is 12.0 Å². The zero-order valence-electron chi connectivity index (χ0n) is 14.9. The van der Waals surface area contributed by atoms with Gasteiger partial charge in [-0.05, 0) is 18.6 Å². The van der Waals surface area contributed by atoms with Crippen molar-refractivity contribution in [3.63, 3.8) is 0 Å². The Morgan fingerprint density at radius 3 is 1.96 bits per heavy atom. The molecule has 5 heteroatoms. The molecule has 0 radical (unpaired) electrons. The molecular weight excluding hydrogens is 345 g/mol. The predicted molar refractivity (Wildman–Crippen MR) is 101 cm³/mol. The molecule has 0 aromatic heterocycles. The summed E-state index contributed by atoms with van der Waals surface area (Å²) >= 11 is 4.21. The maximum Gasteiger partial charge on any atom is 0.460 e.